The number of anilines is 1. The van der Waals surface area contributed by atoms with Crippen molar-refractivity contribution >= 4 is 34.0 Å². The third-order valence-corrected chi connectivity index (χ3v) is 5.61. The van der Waals surface area contributed by atoms with Crippen LogP contribution in [0.4, 0.5) is 5.00 Å². The van der Waals surface area contributed by atoms with Gasteiger partial charge >= 0.3 is 0 Å². The Morgan fingerprint density at radius 3 is 2.54 bits per heavy atom. The Hall–Kier alpha value is -2.35. The van der Waals surface area contributed by atoms with Gasteiger partial charge in [-0.2, -0.15) is 10.5 Å². The average Bonchev–Trinajstić information content (AvgIpc) is 2.78. The fourth-order valence-electron chi connectivity index (χ4n) is 2.19. The molecule has 1 amide bonds. The summed E-state index contributed by atoms with van der Waals surface area (Å²) in [7, 11) is 0. The van der Waals surface area contributed by atoms with E-state index in [1.807, 2.05) is 33.8 Å². The Kier molecular flexibility index (Phi) is 5.61. The van der Waals surface area contributed by atoms with Gasteiger partial charge in [0.25, 0.3) is 0 Å². The minimum atomic E-state index is -0.220. The molecule has 0 atom stereocenters. The van der Waals surface area contributed by atoms with E-state index >= 15 is 0 Å². The van der Waals surface area contributed by atoms with E-state index < -0.39 is 0 Å². The van der Waals surface area contributed by atoms with Crippen molar-refractivity contribution in [1.82, 2.24) is 4.98 Å². The van der Waals surface area contributed by atoms with Crippen molar-refractivity contribution in [3.8, 4) is 12.1 Å². The summed E-state index contributed by atoms with van der Waals surface area (Å²) in [5, 5.41) is 22.4. The monoisotopic (exact) mass is 356 g/mol. The van der Waals surface area contributed by atoms with E-state index in [2.05, 4.69) is 22.4 Å². The third-order valence-electron chi connectivity index (χ3n) is 3.51. The maximum absolute atomic E-state index is 12.2. The molecule has 5 nitrogen and oxygen atoms in total. The van der Waals surface area contributed by atoms with E-state index in [1.165, 1.54) is 23.1 Å². The molecular weight excluding hydrogens is 340 g/mol. The Bertz CT molecular complexity index is 887. The Morgan fingerprint density at radius 1 is 1.25 bits per heavy atom. The predicted molar refractivity (Wildman–Crippen MR) is 96.3 cm³/mol. The summed E-state index contributed by atoms with van der Waals surface area (Å²) >= 11 is 2.62. The van der Waals surface area contributed by atoms with Crippen LogP contribution in [-0.4, -0.2) is 16.6 Å². The van der Waals surface area contributed by atoms with Gasteiger partial charge in [0.1, 0.15) is 22.2 Å². The van der Waals surface area contributed by atoms with E-state index in [0.717, 1.165) is 21.7 Å². The molecule has 0 aliphatic carbocycles. The van der Waals surface area contributed by atoms with Crippen molar-refractivity contribution in [2.45, 2.75) is 32.7 Å². The fraction of sp³-hybridized carbons (Fsp3) is 0.294. The molecule has 1 N–H and O–H groups in total. The highest BCUT2D eigenvalue weighted by Gasteiger charge is 2.16. The number of carbonyl (C=O) groups excluding carboxylic acids is 1. The van der Waals surface area contributed by atoms with Gasteiger partial charge in [0.15, 0.2) is 0 Å². The Balaban J connectivity index is 2.12. The number of nitrogens with zero attached hydrogens (tertiary/aromatic N) is 3. The fourth-order valence-corrected chi connectivity index (χ4v) is 4.12. The normalized spacial score (nSPS) is 10.1. The summed E-state index contributed by atoms with van der Waals surface area (Å²) in [5.74, 6) is -0.0894. The molecule has 0 radical (unpaired) electrons. The molecule has 122 valence electrons. The lowest BCUT2D eigenvalue weighted by molar-refractivity contribution is -0.113. The zero-order chi connectivity index (χ0) is 17.9. The number of rotatable bonds is 4. The van der Waals surface area contributed by atoms with Gasteiger partial charge in [-0.25, -0.2) is 4.98 Å². The molecule has 0 saturated heterocycles. The van der Waals surface area contributed by atoms with Gasteiger partial charge < -0.3 is 5.32 Å². The van der Waals surface area contributed by atoms with Crippen LogP contribution in [0, 0.1) is 50.4 Å². The molecule has 0 bridgehead atoms. The first-order valence-corrected chi connectivity index (χ1v) is 8.98. The summed E-state index contributed by atoms with van der Waals surface area (Å²) in [6.45, 7) is 7.50. The van der Waals surface area contributed by atoms with Crippen LogP contribution < -0.4 is 5.32 Å². The number of aryl methyl sites for hydroxylation is 3. The highest BCUT2D eigenvalue weighted by Crippen LogP contribution is 2.32. The van der Waals surface area contributed by atoms with E-state index in [0.29, 0.717) is 21.2 Å². The first-order chi connectivity index (χ1) is 11.4. The molecule has 2 rings (SSSR count). The van der Waals surface area contributed by atoms with Crippen molar-refractivity contribution in [3.05, 3.63) is 38.9 Å². The summed E-state index contributed by atoms with van der Waals surface area (Å²) in [5.41, 5.74) is 3.57. The van der Waals surface area contributed by atoms with Gasteiger partial charge in [0.2, 0.25) is 5.91 Å². The highest BCUT2D eigenvalue weighted by molar-refractivity contribution is 8.00. The Morgan fingerprint density at radius 2 is 1.92 bits per heavy atom. The first-order valence-electron chi connectivity index (χ1n) is 7.18. The standard InChI is InChI=1S/C17H16N4OS2/c1-9-5-10(2)20-16(13(9)6-18)23-8-15(22)21-17-14(7-19)11(3)12(4)24-17/h5H,8H2,1-4H3,(H,21,22). The largest absolute Gasteiger partial charge is 0.316 e. The SMILES string of the molecule is Cc1cc(C)c(C#N)c(SCC(=O)Nc2sc(C)c(C)c2C#N)n1. The molecule has 0 aliphatic rings. The number of hydrogen-bond donors (Lipinski definition) is 1. The lowest BCUT2D eigenvalue weighted by Gasteiger charge is -2.07. The van der Waals surface area contributed by atoms with E-state index in [1.54, 1.807) is 0 Å². The van der Waals surface area contributed by atoms with Crippen LogP contribution in [0.25, 0.3) is 0 Å². The second-order valence-corrected chi connectivity index (χ2v) is 7.50. The van der Waals surface area contributed by atoms with Crippen LogP contribution in [0.1, 0.15) is 32.8 Å². The number of thioether (sulfide) groups is 1. The lowest BCUT2D eigenvalue weighted by Crippen LogP contribution is -2.14. The smallest absolute Gasteiger partial charge is 0.235 e. The van der Waals surface area contributed by atoms with Crippen molar-refractivity contribution in [3.63, 3.8) is 0 Å². The van der Waals surface area contributed by atoms with Gasteiger partial charge in [0, 0.05) is 10.6 Å². The molecule has 0 spiro atoms. The van der Waals surface area contributed by atoms with Gasteiger partial charge in [-0.3, -0.25) is 4.79 Å². The Labute approximate surface area is 149 Å². The second kappa shape index (κ2) is 7.48. The number of aromatic nitrogens is 1. The lowest BCUT2D eigenvalue weighted by atomic mass is 10.1. The van der Waals surface area contributed by atoms with Gasteiger partial charge in [-0.1, -0.05) is 11.8 Å². The molecule has 2 aromatic heterocycles. The van der Waals surface area contributed by atoms with Crippen LogP contribution in [0.2, 0.25) is 0 Å². The van der Waals surface area contributed by atoms with Crippen LogP contribution in [0.3, 0.4) is 0 Å². The van der Waals surface area contributed by atoms with Crippen molar-refractivity contribution in [1.29, 1.82) is 10.5 Å². The second-order valence-electron chi connectivity index (χ2n) is 5.31. The van der Waals surface area contributed by atoms with Crippen LogP contribution in [-0.2, 0) is 4.79 Å². The number of hydrogen-bond acceptors (Lipinski definition) is 6. The molecule has 0 saturated carbocycles. The van der Waals surface area contributed by atoms with Crippen LogP contribution in [0.5, 0.6) is 0 Å². The summed E-state index contributed by atoms with van der Waals surface area (Å²) in [6.07, 6.45) is 0. The minimum absolute atomic E-state index is 0.130. The first kappa shape index (κ1) is 18.0. The topological polar surface area (TPSA) is 89.6 Å². The zero-order valence-corrected chi connectivity index (χ0v) is 15.5. The van der Waals surface area contributed by atoms with Crippen molar-refractivity contribution < 1.29 is 4.79 Å². The van der Waals surface area contributed by atoms with Gasteiger partial charge in [0.05, 0.1) is 16.9 Å². The van der Waals surface area contributed by atoms with Crippen LogP contribution >= 0.6 is 23.1 Å². The molecule has 7 heteroatoms. The maximum atomic E-state index is 12.2. The molecule has 2 aromatic rings. The molecule has 0 fully saturated rings. The van der Waals surface area contributed by atoms with Crippen molar-refractivity contribution in [2.24, 2.45) is 0 Å². The predicted octanol–water partition coefficient (Wildman–Crippen LogP) is 3.85. The number of amides is 1. The summed E-state index contributed by atoms with van der Waals surface area (Å²) < 4.78 is 0. The number of pyridine rings is 1. The number of nitrogens with one attached hydrogen (secondary N) is 1. The number of nitriles is 2. The maximum Gasteiger partial charge on any atom is 0.235 e. The quantitative estimate of drug-likeness (QED) is 0.840. The molecule has 2 heterocycles. The molecule has 24 heavy (non-hydrogen) atoms. The highest BCUT2D eigenvalue weighted by atomic mass is 32.2. The number of carbonyl (C=O) groups is 1. The van der Waals surface area contributed by atoms with Gasteiger partial charge in [-0.05, 0) is 44.9 Å². The van der Waals surface area contributed by atoms with Crippen LogP contribution in [0.15, 0.2) is 11.1 Å². The molecule has 0 unspecified atom stereocenters. The zero-order valence-electron chi connectivity index (χ0n) is 13.9. The summed E-state index contributed by atoms with van der Waals surface area (Å²) in [6, 6.07) is 6.11. The minimum Gasteiger partial charge on any atom is -0.316 e. The van der Waals surface area contributed by atoms with E-state index in [9.17, 15) is 15.3 Å². The van der Waals surface area contributed by atoms with E-state index in [-0.39, 0.29) is 11.7 Å². The third kappa shape index (κ3) is 3.76. The molecule has 0 aromatic carbocycles. The average molecular weight is 356 g/mol. The number of thiophene rings is 1. The molecular formula is C17H16N4OS2. The van der Waals surface area contributed by atoms with E-state index in [4.69, 9.17) is 0 Å². The summed E-state index contributed by atoms with van der Waals surface area (Å²) in [4.78, 5) is 17.6. The van der Waals surface area contributed by atoms with Crippen molar-refractivity contribution in [2.75, 3.05) is 11.1 Å². The van der Waals surface area contributed by atoms with Gasteiger partial charge in [-0.15, -0.1) is 11.3 Å². The molecule has 0 aliphatic heterocycles.